The van der Waals surface area contributed by atoms with E-state index in [0.29, 0.717) is 17.3 Å². The van der Waals surface area contributed by atoms with Crippen LogP contribution in [0.1, 0.15) is 29.0 Å². The molecule has 8 heteroatoms. The van der Waals surface area contributed by atoms with Crippen LogP contribution in [0, 0.1) is 0 Å². The van der Waals surface area contributed by atoms with E-state index >= 15 is 0 Å². The van der Waals surface area contributed by atoms with Crippen molar-refractivity contribution in [2.45, 2.75) is 13.0 Å². The van der Waals surface area contributed by atoms with Crippen molar-refractivity contribution in [1.29, 1.82) is 0 Å². The first-order valence-corrected chi connectivity index (χ1v) is 8.04. The summed E-state index contributed by atoms with van der Waals surface area (Å²) in [7, 11) is 0. The summed E-state index contributed by atoms with van der Waals surface area (Å²) in [5, 5.41) is 3.25. The molecule has 1 amide bonds. The fourth-order valence-electron chi connectivity index (χ4n) is 2.32. The molecular weight excluding hydrogens is 330 g/mol. The highest BCUT2D eigenvalue weighted by Gasteiger charge is 2.13. The molecule has 0 spiro atoms. The van der Waals surface area contributed by atoms with Gasteiger partial charge < -0.3 is 11.1 Å². The highest BCUT2D eigenvalue weighted by molar-refractivity contribution is 5.93. The number of nitrogens with two attached hydrogens (primary N) is 1. The van der Waals surface area contributed by atoms with Crippen LogP contribution in [0.15, 0.2) is 61.1 Å². The zero-order valence-electron chi connectivity index (χ0n) is 14.2. The van der Waals surface area contributed by atoms with Gasteiger partial charge in [-0.15, -0.1) is 0 Å². The molecule has 1 aromatic carbocycles. The van der Waals surface area contributed by atoms with Crippen molar-refractivity contribution in [1.82, 2.24) is 20.4 Å². The van der Waals surface area contributed by atoms with Gasteiger partial charge in [-0.2, -0.15) is 0 Å². The van der Waals surface area contributed by atoms with E-state index in [1.54, 1.807) is 24.4 Å². The van der Waals surface area contributed by atoms with Crippen molar-refractivity contribution in [3.63, 3.8) is 0 Å². The third-order valence-corrected chi connectivity index (χ3v) is 3.73. The molecule has 0 saturated heterocycles. The molecule has 2 heterocycles. The first-order chi connectivity index (χ1) is 12.6. The fourth-order valence-corrected chi connectivity index (χ4v) is 2.32. The molecule has 2 aromatic heterocycles. The summed E-state index contributed by atoms with van der Waals surface area (Å²) in [5.74, 6) is 0.383. The summed E-state index contributed by atoms with van der Waals surface area (Å²) in [5.41, 5.74) is 13.0. The second-order valence-corrected chi connectivity index (χ2v) is 5.56. The molecule has 1 unspecified atom stereocenters. The minimum Gasteiger partial charge on any atom is -0.393 e. The van der Waals surface area contributed by atoms with Gasteiger partial charge in [-0.1, -0.05) is 36.4 Å². The summed E-state index contributed by atoms with van der Waals surface area (Å²) >= 11 is 0. The Morgan fingerprint density at radius 1 is 1.00 bits per heavy atom. The molecule has 0 saturated carbocycles. The average molecular weight is 349 g/mol. The Labute approximate surface area is 150 Å². The maximum atomic E-state index is 12.0. The minimum atomic E-state index is -0.393. The van der Waals surface area contributed by atoms with Crippen molar-refractivity contribution in [2.24, 2.45) is 0 Å². The standard InChI is InChI=1S/C18H19N7O/c1-12(13-7-3-2-4-8-13)23-16-15(19)17(22-11-21-16)24-25-18(26)14-9-5-6-10-20-14/h2-12H,19H2,1H3,(H,25,26)(H2,21,22,23,24). The van der Waals surface area contributed by atoms with E-state index in [-0.39, 0.29) is 11.7 Å². The molecule has 26 heavy (non-hydrogen) atoms. The largest absolute Gasteiger partial charge is 0.393 e. The van der Waals surface area contributed by atoms with Crippen LogP contribution in [0.3, 0.4) is 0 Å². The number of nitrogens with zero attached hydrogens (tertiary/aromatic N) is 3. The first kappa shape index (κ1) is 17.2. The number of nitrogens with one attached hydrogen (secondary N) is 3. The Bertz CT molecular complexity index is 871. The molecule has 1 atom stereocenters. The van der Waals surface area contributed by atoms with Crippen LogP contribution in [0.25, 0.3) is 0 Å². The molecule has 3 rings (SSSR count). The average Bonchev–Trinajstić information content (AvgIpc) is 2.69. The predicted molar refractivity (Wildman–Crippen MR) is 100 cm³/mol. The van der Waals surface area contributed by atoms with Crippen molar-refractivity contribution < 1.29 is 4.79 Å². The Kier molecular flexibility index (Phi) is 5.23. The van der Waals surface area contributed by atoms with Gasteiger partial charge in [0.2, 0.25) is 0 Å². The summed E-state index contributed by atoms with van der Waals surface area (Å²) in [4.78, 5) is 24.3. The molecule has 8 nitrogen and oxygen atoms in total. The lowest BCUT2D eigenvalue weighted by atomic mass is 10.1. The molecule has 0 aliphatic heterocycles. The van der Waals surface area contributed by atoms with Crippen LogP contribution in [-0.2, 0) is 0 Å². The molecular formula is C18H19N7O. The van der Waals surface area contributed by atoms with E-state index in [9.17, 15) is 4.79 Å². The number of rotatable bonds is 6. The monoisotopic (exact) mass is 349 g/mol. The van der Waals surface area contributed by atoms with E-state index < -0.39 is 5.91 Å². The van der Waals surface area contributed by atoms with Crippen LogP contribution < -0.4 is 21.9 Å². The van der Waals surface area contributed by atoms with Crippen LogP contribution in [0.5, 0.6) is 0 Å². The zero-order chi connectivity index (χ0) is 18.4. The fraction of sp³-hybridized carbons (Fsp3) is 0.111. The molecule has 0 bridgehead atoms. The second-order valence-electron chi connectivity index (χ2n) is 5.56. The number of carbonyl (C=O) groups excluding carboxylic acids is 1. The van der Waals surface area contributed by atoms with Crippen molar-refractivity contribution in [3.05, 3.63) is 72.3 Å². The maximum Gasteiger partial charge on any atom is 0.288 e. The Morgan fingerprint density at radius 2 is 1.73 bits per heavy atom. The normalized spacial score (nSPS) is 11.4. The highest BCUT2D eigenvalue weighted by atomic mass is 16.2. The van der Waals surface area contributed by atoms with Crippen molar-refractivity contribution in [3.8, 4) is 0 Å². The van der Waals surface area contributed by atoms with Gasteiger partial charge in [-0.3, -0.25) is 20.6 Å². The number of amides is 1. The Morgan fingerprint density at radius 3 is 2.46 bits per heavy atom. The number of nitrogen functional groups attached to an aromatic ring is 1. The number of anilines is 3. The predicted octanol–water partition coefficient (Wildman–Crippen LogP) is 2.38. The smallest absolute Gasteiger partial charge is 0.288 e. The lowest BCUT2D eigenvalue weighted by molar-refractivity contribution is 0.0957. The van der Waals surface area contributed by atoms with Gasteiger partial charge in [0.15, 0.2) is 11.6 Å². The SMILES string of the molecule is CC(Nc1ncnc(NNC(=O)c2ccccn2)c1N)c1ccccc1. The number of pyridine rings is 1. The van der Waals surface area contributed by atoms with E-state index in [1.165, 1.54) is 6.33 Å². The molecule has 0 aliphatic carbocycles. The molecule has 0 radical (unpaired) electrons. The van der Waals surface area contributed by atoms with E-state index in [4.69, 9.17) is 5.73 Å². The minimum absolute atomic E-state index is 0.00404. The second kappa shape index (κ2) is 7.93. The summed E-state index contributed by atoms with van der Waals surface area (Å²) < 4.78 is 0. The topological polar surface area (TPSA) is 118 Å². The molecule has 132 valence electrons. The lowest BCUT2D eigenvalue weighted by Crippen LogP contribution is -2.31. The van der Waals surface area contributed by atoms with E-state index in [0.717, 1.165) is 5.56 Å². The summed E-state index contributed by atoms with van der Waals surface area (Å²) in [6.07, 6.45) is 2.91. The highest BCUT2D eigenvalue weighted by Crippen LogP contribution is 2.25. The van der Waals surface area contributed by atoms with Crippen LogP contribution in [0.4, 0.5) is 17.3 Å². The number of carbonyl (C=O) groups is 1. The Balaban J connectivity index is 1.68. The number of hydrazine groups is 1. The van der Waals surface area contributed by atoms with Gasteiger partial charge in [-0.25, -0.2) is 9.97 Å². The van der Waals surface area contributed by atoms with Gasteiger partial charge in [-0.05, 0) is 24.6 Å². The maximum absolute atomic E-state index is 12.0. The third-order valence-electron chi connectivity index (χ3n) is 3.73. The molecule has 3 aromatic rings. The third kappa shape index (κ3) is 4.04. The molecule has 0 aliphatic rings. The first-order valence-electron chi connectivity index (χ1n) is 8.04. The van der Waals surface area contributed by atoms with Crippen LogP contribution in [0.2, 0.25) is 0 Å². The van der Waals surface area contributed by atoms with Crippen molar-refractivity contribution in [2.75, 3.05) is 16.5 Å². The van der Waals surface area contributed by atoms with Gasteiger partial charge in [0.1, 0.15) is 17.7 Å². The van der Waals surface area contributed by atoms with E-state index in [2.05, 4.69) is 31.1 Å². The number of hydrogen-bond donors (Lipinski definition) is 4. The van der Waals surface area contributed by atoms with Gasteiger partial charge in [0.05, 0.1) is 6.04 Å². The zero-order valence-corrected chi connectivity index (χ0v) is 14.2. The van der Waals surface area contributed by atoms with Gasteiger partial charge >= 0.3 is 0 Å². The number of aromatic nitrogens is 3. The lowest BCUT2D eigenvalue weighted by Gasteiger charge is -2.17. The van der Waals surface area contributed by atoms with Crippen molar-refractivity contribution >= 4 is 23.2 Å². The van der Waals surface area contributed by atoms with E-state index in [1.807, 2.05) is 37.3 Å². The van der Waals surface area contributed by atoms with Gasteiger partial charge in [0.25, 0.3) is 5.91 Å². The quantitative estimate of drug-likeness (QED) is 0.505. The molecule has 0 fully saturated rings. The molecule has 5 N–H and O–H groups in total. The van der Waals surface area contributed by atoms with Crippen LogP contribution in [-0.4, -0.2) is 20.9 Å². The summed E-state index contributed by atoms with van der Waals surface area (Å²) in [6.45, 7) is 2.01. The van der Waals surface area contributed by atoms with Crippen LogP contribution >= 0.6 is 0 Å². The van der Waals surface area contributed by atoms with Gasteiger partial charge in [0, 0.05) is 6.20 Å². The number of benzene rings is 1. The number of hydrogen-bond acceptors (Lipinski definition) is 7. The Hall–Kier alpha value is -3.68. The summed E-state index contributed by atoms with van der Waals surface area (Å²) in [6, 6.07) is 15.0.